The van der Waals surface area contributed by atoms with Crippen molar-refractivity contribution >= 4 is 50.1 Å². The highest BCUT2D eigenvalue weighted by Crippen LogP contribution is 2.31. The molecule has 0 bridgehead atoms. The minimum absolute atomic E-state index is 0.493. The molecule has 8 heteroatoms. The Labute approximate surface area is 155 Å². The molecule has 0 fully saturated rings. The molecular weight excluding hydrogens is 352 g/mol. The van der Waals surface area contributed by atoms with Crippen LogP contribution in [-0.4, -0.2) is 20.7 Å². The maximum atomic E-state index is 6.09. The lowest BCUT2D eigenvalue weighted by Crippen LogP contribution is -2.02. The molecule has 0 radical (unpaired) electrons. The van der Waals surface area contributed by atoms with Gasteiger partial charge in [-0.1, -0.05) is 61.1 Å². The number of rotatable bonds is 8. The molecule has 0 aliphatic heterocycles. The van der Waals surface area contributed by atoms with Gasteiger partial charge in [0.05, 0.1) is 0 Å². The fourth-order valence-corrected chi connectivity index (χ4v) is 3.99. The normalized spacial score (nSPS) is 11.1. The first kappa shape index (κ1) is 17.8. The summed E-state index contributed by atoms with van der Waals surface area (Å²) in [5, 5.41) is 4.77. The zero-order chi connectivity index (χ0) is 17.6. The molecule has 2 aromatic heterocycles. The van der Waals surface area contributed by atoms with Crippen LogP contribution >= 0.6 is 23.1 Å². The van der Waals surface area contributed by atoms with Crippen molar-refractivity contribution in [1.82, 2.24) is 15.0 Å². The second-order valence-electron chi connectivity index (χ2n) is 5.67. The largest absolute Gasteiger partial charge is 0.398 e. The van der Waals surface area contributed by atoms with Gasteiger partial charge in [0.25, 0.3) is 0 Å². The molecule has 0 aliphatic carbocycles. The molecule has 0 aliphatic rings. The maximum absolute atomic E-state index is 6.09. The third-order valence-corrected chi connectivity index (χ3v) is 5.68. The predicted octanol–water partition coefficient (Wildman–Crippen LogP) is 4.15. The van der Waals surface area contributed by atoms with Crippen LogP contribution in [0.4, 0.5) is 16.6 Å². The standard InChI is InChI=1S/C17H22N6S2/c1-2-3-6-9-24-17-21-14(19)13-15(23-17)22-16(25-13)20-10-11-7-4-5-8-12(11)18/h4-5,7-8H,2-3,6,9-10,18H2,1H3,(H3,19,20,21,22,23). The summed E-state index contributed by atoms with van der Waals surface area (Å²) in [7, 11) is 0. The molecule has 0 amide bonds. The summed E-state index contributed by atoms with van der Waals surface area (Å²) >= 11 is 3.10. The van der Waals surface area contributed by atoms with E-state index in [2.05, 4.69) is 27.2 Å². The van der Waals surface area contributed by atoms with Crippen molar-refractivity contribution in [2.24, 2.45) is 0 Å². The Morgan fingerprint density at radius 2 is 1.96 bits per heavy atom. The van der Waals surface area contributed by atoms with Crippen LogP contribution in [0.2, 0.25) is 0 Å². The highest BCUT2D eigenvalue weighted by Gasteiger charge is 2.12. The summed E-state index contributed by atoms with van der Waals surface area (Å²) in [6.07, 6.45) is 3.58. The molecule has 0 spiro atoms. The van der Waals surface area contributed by atoms with E-state index in [1.165, 1.54) is 24.2 Å². The Bertz CT molecular complexity index is 848. The van der Waals surface area contributed by atoms with Gasteiger partial charge in [0, 0.05) is 18.0 Å². The van der Waals surface area contributed by atoms with Gasteiger partial charge in [-0.15, -0.1) is 0 Å². The Hall–Kier alpha value is -2.06. The van der Waals surface area contributed by atoms with Crippen LogP contribution in [0.25, 0.3) is 10.3 Å². The number of hydrogen-bond donors (Lipinski definition) is 3. The van der Waals surface area contributed by atoms with Gasteiger partial charge >= 0.3 is 0 Å². The second-order valence-corrected chi connectivity index (χ2v) is 7.73. The molecule has 5 N–H and O–H groups in total. The number of thiazole rings is 1. The van der Waals surface area contributed by atoms with E-state index in [1.54, 1.807) is 11.8 Å². The lowest BCUT2D eigenvalue weighted by Gasteiger charge is -2.05. The van der Waals surface area contributed by atoms with Gasteiger partial charge in [-0.25, -0.2) is 9.97 Å². The van der Waals surface area contributed by atoms with Gasteiger partial charge in [0.1, 0.15) is 10.5 Å². The lowest BCUT2D eigenvalue weighted by molar-refractivity contribution is 0.777. The smallest absolute Gasteiger partial charge is 0.191 e. The molecule has 0 saturated heterocycles. The maximum Gasteiger partial charge on any atom is 0.191 e. The molecule has 3 aromatic rings. The van der Waals surface area contributed by atoms with Gasteiger partial charge in [-0.3, -0.25) is 0 Å². The number of para-hydroxylation sites is 1. The van der Waals surface area contributed by atoms with E-state index in [1.807, 2.05) is 24.3 Å². The Morgan fingerprint density at radius 3 is 2.76 bits per heavy atom. The SMILES string of the molecule is CCCCCSc1nc(N)c2sc(NCc3ccccc3N)nc2n1. The van der Waals surface area contributed by atoms with Crippen molar-refractivity contribution in [2.75, 3.05) is 22.5 Å². The van der Waals surface area contributed by atoms with Crippen LogP contribution in [-0.2, 0) is 6.54 Å². The van der Waals surface area contributed by atoms with Gasteiger partial charge < -0.3 is 16.8 Å². The molecule has 3 rings (SSSR count). The van der Waals surface area contributed by atoms with E-state index in [4.69, 9.17) is 11.5 Å². The molecule has 2 heterocycles. The molecule has 0 saturated carbocycles. The van der Waals surface area contributed by atoms with E-state index in [0.29, 0.717) is 23.2 Å². The highest BCUT2D eigenvalue weighted by molar-refractivity contribution is 7.99. The second kappa shape index (κ2) is 8.35. The molecule has 0 atom stereocenters. The van der Waals surface area contributed by atoms with Crippen molar-refractivity contribution in [3.8, 4) is 0 Å². The number of anilines is 3. The van der Waals surface area contributed by atoms with E-state index in [-0.39, 0.29) is 0 Å². The average Bonchev–Trinajstić information content (AvgIpc) is 3.02. The van der Waals surface area contributed by atoms with Crippen LogP contribution in [0.3, 0.4) is 0 Å². The Morgan fingerprint density at radius 1 is 1.12 bits per heavy atom. The molecule has 0 unspecified atom stereocenters. The van der Waals surface area contributed by atoms with Crippen molar-refractivity contribution < 1.29 is 0 Å². The first-order valence-electron chi connectivity index (χ1n) is 8.31. The third kappa shape index (κ3) is 4.52. The number of nitrogens with zero attached hydrogens (tertiary/aromatic N) is 3. The van der Waals surface area contributed by atoms with Gasteiger partial charge in [-0.05, 0) is 18.1 Å². The molecule has 132 valence electrons. The van der Waals surface area contributed by atoms with Crippen LogP contribution < -0.4 is 16.8 Å². The van der Waals surface area contributed by atoms with Gasteiger partial charge in [0.2, 0.25) is 0 Å². The fraction of sp³-hybridized carbons (Fsp3) is 0.353. The Balaban J connectivity index is 1.71. The number of fused-ring (bicyclic) bond motifs is 1. The summed E-state index contributed by atoms with van der Waals surface area (Å²) in [5.41, 5.74) is 14.5. The van der Waals surface area contributed by atoms with Crippen molar-refractivity contribution in [1.29, 1.82) is 0 Å². The summed E-state index contributed by atoms with van der Waals surface area (Å²) in [6.45, 7) is 2.80. The zero-order valence-corrected chi connectivity index (χ0v) is 15.8. The number of unbranched alkanes of at least 4 members (excludes halogenated alkanes) is 2. The zero-order valence-electron chi connectivity index (χ0n) is 14.2. The summed E-state index contributed by atoms with van der Waals surface area (Å²) in [5.74, 6) is 1.49. The quantitative estimate of drug-likeness (QED) is 0.235. The fourth-order valence-electron chi connectivity index (χ4n) is 2.35. The van der Waals surface area contributed by atoms with E-state index in [9.17, 15) is 0 Å². The van der Waals surface area contributed by atoms with Crippen LogP contribution in [0.1, 0.15) is 31.7 Å². The lowest BCUT2D eigenvalue weighted by atomic mass is 10.2. The van der Waals surface area contributed by atoms with Crippen LogP contribution in [0.15, 0.2) is 29.4 Å². The number of aromatic nitrogens is 3. The van der Waals surface area contributed by atoms with E-state index >= 15 is 0 Å². The minimum atomic E-state index is 0.493. The number of nitrogen functional groups attached to an aromatic ring is 2. The van der Waals surface area contributed by atoms with Crippen molar-refractivity contribution in [3.63, 3.8) is 0 Å². The topological polar surface area (TPSA) is 103 Å². The van der Waals surface area contributed by atoms with E-state index in [0.717, 1.165) is 33.3 Å². The van der Waals surface area contributed by atoms with Crippen LogP contribution in [0, 0.1) is 0 Å². The van der Waals surface area contributed by atoms with E-state index < -0.39 is 0 Å². The predicted molar refractivity (Wildman–Crippen MR) is 108 cm³/mol. The summed E-state index contributed by atoms with van der Waals surface area (Å²) in [4.78, 5) is 13.5. The summed E-state index contributed by atoms with van der Waals surface area (Å²) in [6, 6.07) is 7.78. The Kier molecular flexibility index (Phi) is 5.93. The average molecular weight is 375 g/mol. The molecule has 1 aromatic carbocycles. The van der Waals surface area contributed by atoms with Crippen molar-refractivity contribution in [3.05, 3.63) is 29.8 Å². The van der Waals surface area contributed by atoms with Gasteiger partial charge in [-0.2, -0.15) is 4.98 Å². The number of nitrogens with two attached hydrogens (primary N) is 2. The highest BCUT2D eigenvalue weighted by atomic mass is 32.2. The van der Waals surface area contributed by atoms with Gasteiger partial charge in [0.15, 0.2) is 15.9 Å². The first-order valence-corrected chi connectivity index (χ1v) is 10.1. The molecule has 25 heavy (non-hydrogen) atoms. The molecule has 6 nitrogen and oxygen atoms in total. The number of thioether (sulfide) groups is 1. The first-order chi connectivity index (χ1) is 12.2. The number of benzene rings is 1. The minimum Gasteiger partial charge on any atom is -0.398 e. The molecular formula is C17H22N6S2. The monoisotopic (exact) mass is 374 g/mol. The summed E-state index contributed by atoms with van der Waals surface area (Å²) < 4.78 is 0.821. The van der Waals surface area contributed by atoms with Crippen molar-refractivity contribution in [2.45, 2.75) is 37.9 Å². The van der Waals surface area contributed by atoms with Crippen LogP contribution in [0.5, 0.6) is 0 Å². The number of hydrogen-bond acceptors (Lipinski definition) is 8. The third-order valence-electron chi connectivity index (χ3n) is 3.72. The number of nitrogens with one attached hydrogen (secondary N) is 1.